The van der Waals surface area contributed by atoms with Crippen LogP contribution in [0.2, 0.25) is 0 Å². The first-order valence-corrected chi connectivity index (χ1v) is 7.38. The van der Waals surface area contributed by atoms with Crippen molar-refractivity contribution in [2.75, 3.05) is 13.2 Å². The first kappa shape index (κ1) is 15.9. The van der Waals surface area contributed by atoms with E-state index in [0.29, 0.717) is 13.0 Å². The van der Waals surface area contributed by atoms with Crippen molar-refractivity contribution in [3.05, 3.63) is 17.0 Å². The molecule has 0 aliphatic heterocycles. The van der Waals surface area contributed by atoms with E-state index in [-0.39, 0.29) is 5.78 Å². The smallest absolute Gasteiger partial charge is 0.166 e. The second-order valence-electron chi connectivity index (χ2n) is 4.59. The van der Waals surface area contributed by atoms with Gasteiger partial charge in [0.15, 0.2) is 5.78 Å². The highest BCUT2D eigenvalue weighted by molar-refractivity contribution is 5.98. The maximum atomic E-state index is 12.1. The van der Waals surface area contributed by atoms with E-state index in [0.717, 1.165) is 49.4 Å². The van der Waals surface area contributed by atoms with Gasteiger partial charge in [0.2, 0.25) is 0 Å². The van der Waals surface area contributed by atoms with Crippen molar-refractivity contribution in [3.63, 3.8) is 0 Å². The Morgan fingerprint density at radius 1 is 1.16 bits per heavy atom. The van der Waals surface area contributed by atoms with Gasteiger partial charge in [0.05, 0.1) is 24.4 Å². The van der Waals surface area contributed by atoms with Crippen LogP contribution < -0.4 is 0 Å². The van der Waals surface area contributed by atoms with Crippen LogP contribution in [-0.2, 0) is 24.1 Å². The van der Waals surface area contributed by atoms with E-state index in [1.165, 1.54) is 0 Å². The van der Waals surface area contributed by atoms with Crippen molar-refractivity contribution in [2.24, 2.45) is 0 Å². The zero-order valence-corrected chi connectivity index (χ0v) is 12.7. The van der Waals surface area contributed by atoms with E-state index in [1.807, 2.05) is 18.5 Å². The molecule has 0 N–H and O–H groups in total. The second kappa shape index (κ2) is 8.10. The lowest BCUT2D eigenvalue weighted by Crippen LogP contribution is -2.12. The molecule has 0 fully saturated rings. The predicted molar refractivity (Wildman–Crippen MR) is 76.7 cm³/mol. The molecule has 0 radical (unpaired) electrons. The summed E-state index contributed by atoms with van der Waals surface area (Å²) in [7, 11) is 0. The molecule has 1 heterocycles. The Bertz CT molecular complexity index is 411. The largest absolute Gasteiger partial charge is 0.380 e. The zero-order chi connectivity index (χ0) is 14.3. The maximum absolute atomic E-state index is 12.1. The molecule has 0 atom stereocenters. The van der Waals surface area contributed by atoms with Crippen LogP contribution in [0.1, 0.15) is 62.3 Å². The summed E-state index contributed by atoms with van der Waals surface area (Å²) in [5.74, 6) is 0.203. The fraction of sp³-hybridized carbons (Fsp3) is 0.733. The number of rotatable bonds is 9. The summed E-state index contributed by atoms with van der Waals surface area (Å²) in [6.07, 6.45) is 3.20. The molecule has 1 rings (SSSR count). The molecule has 4 nitrogen and oxygen atoms in total. The molecule has 0 bridgehead atoms. The predicted octanol–water partition coefficient (Wildman–Crippen LogP) is 3.03. The normalized spacial score (nSPS) is 10.9. The summed E-state index contributed by atoms with van der Waals surface area (Å²) in [5.41, 5.74) is 2.84. The van der Waals surface area contributed by atoms with Gasteiger partial charge in [-0.15, -0.1) is 0 Å². The van der Waals surface area contributed by atoms with Crippen molar-refractivity contribution in [3.8, 4) is 0 Å². The quantitative estimate of drug-likeness (QED) is 0.510. The molecule has 0 saturated carbocycles. The van der Waals surface area contributed by atoms with Gasteiger partial charge in [0, 0.05) is 18.7 Å². The Hall–Kier alpha value is -1.16. The van der Waals surface area contributed by atoms with Crippen molar-refractivity contribution in [1.82, 2.24) is 9.78 Å². The molecule has 1 aromatic heterocycles. The Labute approximate surface area is 116 Å². The molecule has 0 unspecified atom stereocenters. The van der Waals surface area contributed by atoms with Crippen LogP contribution >= 0.6 is 0 Å². The van der Waals surface area contributed by atoms with Gasteiger partial charge in [-0.3, -0.25) is 9.48 Å². The van der Waals surface area contributed by atoms with Gasteiger partial charge in [-0.05, 0) is 19.3 Å². The molecule has 0 aliphatic rings. The van der Waals surface area contributed by atoms with Crippen LogP contribution in [0.3, 0.4) is 0 Å². The summed E-state index contributed by atoms with van der Waals surface area (Å²) in [4.78, 5) is 12.1. The average molecular weight is 266 g/mol. The van der Waals surface area contributed by atoms with Gasteiger partial charge in [-0.1, -0.05) is 27.7 Å². The lowest BCUT2D eigenvalue weighted by atomic mass is 10.0. The standard InChI is InChI=1S/C15H26N2O2/c1-5-10-19-11-9-17-13(7-3)15(14(18)8-4)12(6-2)16-17/h5-11H2,1-4H3. The number of hydrogen-bond donors (Lipinski definition) is 0. The summed E-state index contributed by atoms with van der Waals surface area (Å²) in [6, 6.07) is 0. The van der Waals surface area contributed by atoms with Gasteiger partial charge < -0.3 is 4.74 Å². The zero-order valence-electron chi connectivity index (χ0n) is 12.7. The van der Waals surface area contributed by atoms with Gasteiger partial charge >= 0.3 is 0 Å². The number of carbonyl (C=O) groups is 1. The number of aromatic nitrogens is 2. The Morgan fingerprint density at radius 3 is 2.42 bits per heavy atom. The number of nitrogens with zero attached hydrogens (tertiary/aromatic N) is 2. The Balaban J connectivity index is 2.92. The van der Waals surface area contributed by atoms with Gasteiger partial charge in [0.25, 0.3) is 0 Å². The van der Waals surface area contributed by atoms with Crippen molar-refractivity contribution < 1.29 is 9.53 Å². The Kier molecular flexibility index (Phi) is 6.78. The third-order valence-electron chi connectivity index (χ3n) is 3.20. The van der Waals surface area contributed by atoms with E-state index >= 15 is 0 Å². The minimum absolute atomic E-state index is 0.203. The molecule has 4 heteroatoms. The maximum Gasteiger partial charge on any atom is 0.166 e. The van der Waals surface area contributed by atoms with E-state index in [1.54, 1.807) is 0 Å². The van der Waals surface area contributed by atoms with Crippen LogP contribution in [0.5, 0.6) is 0 Å². The molecule has 19 heavy (non-hydrogen) atoms. The van der Waals surface area contributed by atoms with Crippen LogP contribution in [0.25, 0.3) is 0 Å². The molecule has 0 amide bonds. The van der Waals surface area contributed by atoms with E-state index in [4.69, 9.17) is 4.74 Å². The van der Waals surface area contributed by atoms with Crippen molar-refractivity contribution in [2.45, 2.75) is 59.9 Å². The first-order chi connectivity index (χ1) is 9.19. The highest BCUT2D eigenvalue weighted by atomic mass is 16.5. The third-order valence-corrected chi connectivity index (χ3v) is 3.20. The molecular weight excluding hydrogens is 240 g/mol. The van der Waals surface area contributed by atoms with Crippen LogP contribution in [0.4, 0.5) is 0 Å². The van der Waals surface area contributed by atoms with Crippen LogP contribution in [0, 0.1) is 0 Å². The fourth-order valence-electron chi connectivity index (χ4n) is 2.24. The average Bonchev–Trinajstić information content (AvgIpc) is 2.80. The number of Topliss-reactive ketones (excluding diaryl/α,β-unsaturated/α-hetero) is 1. The summed E-state index contributed by atoms with van der Waals surface area (Å²) >= 11 is 0. The first-order valence-electron chi connectivity index (χ1n) is 7.38. The minimum Gasteiger partial charge on any atom is -0.380 e. The van der Waals surface area contributed by atoms with E-state index < -0.39 is 0 Å². The number of aryl methyl sites for hydroxylation is 1. The summed E-state index contributed by atoms with van der Waals surface area (Å²) < 4.78 is 7.47. The third kappa shape index (κ3) is 3.90. The van der Waals surface area contributed by atoms with E-state index in [9.17, 15) is 4.79 Å². The summed E-state index contributed by atoms with van der Waals surface area (Å²) in [6.45, 7) is 10.3. The number of carbonyl (C=O) groups excluding carboxylic acids is 1. The lowest BCUT2D eigenvalue weighted by Gasteiger charge is -2.07. The van der Waals surface area contributed by atoms with E-state index in [2.05, 4.69) is 18.9 Å². The van der Waals surface area contributed by atoms with Crippen molar-refractivity contribution >= 4 is 5.78 Å². The molecule has 0 aromatic carbocycles. The Morgan fingerprint density at radius 2 is 1.89 bits per heavy atom. The van der Waals surface area contributed by atoms with Crippen LogP contribution in [0.15, 0.2) is 0 Å². The molecule has 108 valence electrons. The molecule has 1 aromatic rings. The lowest BCUT2D eigenvalue weighted by molar-refractivity contribution is 0.0985. The molecule has 0 aliphatic carbocycles. The van der Waals surface area contributed by atoms with Gasteiger partial charge in [-0.2, -0.15) is 5.10 Å². The van der Waals surface area contributed by atoms with Crippen molar-refractivity contribution in [1.29, 1.82) is 0 Å². The summed E-state index contributed by atoms with van der Waals surface area (Å²) in [5, 5.41) is 4.58. The monoisotopic (exact) mass is 266 g/mol. The fourth-order valence-corrected chi connectivity index (χ4v) is 2.24. The molecule has 0 saturated heterocycles. The SMILES string of the molecule is CCCOCCn1nc(CC)c(C(=O)CC)c1CC. The number of ether oxygens (including phenoxy) is 1. The highest BCUT2D eigenvalue weighted by Crippen LogP contribution is 2.18. The molecule has 0 spiro atoms. The number of hydrogen-bond acceptors (Lipinski definition) is 3. The highest BCUT2D eigenvalue weighted by Gasteiger charge is 2.20. The minimum atomic E-state index is 0.203. The number of ketones is 1. The topological polar surface area (TPSA) is 44.1 Å². The van der Waals surface area contributed by atoms with Gasteiger partial charge in [-0.25, -0.2) is 0 Å². The van der Waals surface area contributed by atoms with Crippen LogP contribution in [-0.4, -0.2) is 28.8 Å². The second-order valence-corrected chi connectivity index (χ2v) is 4.59. The molecular formula is C15H26N2O2. The van der Waals surface area contributed by atoms with Gasteiger partial charge in [0.1, 0.15) is 0 Å².